The minimum Gasteiger partial charge on any atom is -0.369 e. The van der Waals surface area contributed by atoms with Crippen molar-refractivity contribution >= 4 is 11.6 Å². The van der Waals surface area contributed by atoms with Crippen LogP contribution in [-0.2, 0) is 10.5 Å². The van der Waals surface area contributed by atoms with Gasteiger partial charge in [0, 0.05) is 56.1 Å². The smallest absolute Gasteiger partial charge is 0.256 e. The summed E-state index contributed by atoms with van der Waals surface area (Å²) in [4.78, 5) is 20.5. The number of nitrogens with zero attached hydrogens (tertiary/aromatic N) is 3. The van der Waals surface area contributed by atoms with E-state index >= 15 is 0 Å². The monoisotopic (exact) mass is 439 g/mol. The molecule has 0 saturated carbocycles. The van der Waals surface area contributed by atoms with Crippen LogP contribution in [0.1, 0.15) is 27.4 Å². The van der Waals surface area contributed by atoms with Crippen LogP contribution in [0.15, 0.2) is 84.9 Å². The maximum absolute atomic E-state index is 13.5. The van der Waals surface area contributed by atoms with Gasteiger partial charge >= 0.3 is 0 Å². The van der Waals surface area contributed by atoms with E-state index in [1.165, 1.54) is 5.69 Å². The van der Waals surface area contributed by atoms with E-state index in [-0.39, 0.29) is 11.8 Å². The van der Waals surface area contributed by atoms with E-state index in [0.717, 1.165) is 49.4 Å². The van der Waals surface area contributed by atoms with Crippen molar-refractivity contribution in [2.75, 3.05) is 50.8 Å². The van der Waals surface area contributed by atoms with Crippen LogP contribution >= 0.6 is 0 Å². The Hall–Kier alpha value is -3.15. The summed E-state index contributed by atoms with van der Waals surface area (Å²) in [5.41, 5.74) is 3.54. The van der Waals surface area contributed by atoms with Crippen LogP contribution in [0.4, 0.5) is 5.69 Å². The summed E-state index contributed by atoms with van der Waals surface area (Å²) in [6, 6.07) is 29.1. The molecule has 5 heteroatoms. The van der Waals surface area contributed by atoms with Crippen LogP contribution in [0, 0.1) is 0 Å². The molecule has 0 aromatic heterocycles. The van der Waals surface area contributed by atoms with Gasteiger partial charge in [-0.15, -0.1) is 0 Å². The second kappa shape index (κ2) is 8.32. The van der Waals surface area contributed by atoms with Gasteiger partial charge in [0.05, 0.1) is 12.5 Å². The van der Waals surface area contributed by atoms with Crippen molar-refractivity contribution in [3.8, 4) is 0 Å². The Morgan fingerprint density at radius 1 is 0.788 bits per heavy atom. The lowest BCUT2D eigenvalue weighted by molar-refractivity contribution is -0.106. The molecule has 0 N–H and O–H groups in total. The number of para-hydroxylation sites is 1. The molecule has 2 fully saturated rings. The molecule has 0 aliphatic carbocycles. The molecule has 0 bridgehead atoms. The predicted molar refractivity (Wildman–Crippen MR) is 129 cm³/mol. The summed E-state index contributed by atoms with van der Waals surface area (Å²) >= 11 is 0. The third kappa shape index (κ3) is 3.35. The molecule has 6 rings (SSSR count). The van der Waals surface area contributed by atoms with Crippen LogP contribution in [-0.4, -0.2) is 61.6 Å². The van der Waals surface area contributed by atoms with Gasteiger partial charge in [0.25, 0.3) is 5.91 Å². The number of hydrogen-bond donors (Lipinski definition) is 0. The maximum atomic E-state index is 13.5. The van der Waals surface area contributed by atoms with E-state index in [0.29, 0.717) is 13.2 Å². The molecule has 0 unspecified atom stereocenters. The van der Waals surface area contributed by atoms with Gasteiger partial charge in [-0.3, -0.25) is 9.69 Å². The summed E-state index contributed by atoms with van der Waals surface area (Å²) in [5, 5.41) is 0. The summed E-state index contributed by atoms with van der Waals surface area (Å²) in [7, 11) is 0. The number of rotatable bonds is 4. The normalized spacial score (nSPS) is 25.1. The molecular formula is C28H29N3O2. The van der Waals surface area contributed by atoms with Gasteiger partial charge in [-0.1, -0.05) is 66.7 Å². The van der Waals surface area contributed by atoms with Crippen molar-refractivity contribution in [3.63, 3.8) is 0 Å². The van der Waals surface area contributed by atoms with Crippen molar-refractivity contribution in [1.29, 1.82) is 0 Å². The Morgan fingerprint density at radius 2 is 1.45 bits per heavy atom. The molecule has 3 aliphatic rings. The van der Waals surface area contributed by atoms with Crippen LogP contribution < -0.4 is 4.90 Å². The van der Waals surface area contributed by atoms with Crippen molar-refractivity contribution in [1.82, 2.24) is 9.80 Å². The molecule has 5 nitrogen and oxygen atoms in total. The molecule has 3 aromatic carbocycles. The number of benzene rings is 3. The first-order chi connectivity index (χ1) is 16.3. The quantitative estimate of drug-likeness (QED) is 0.617. The molecule has 2 saturated heterocycles. The molecule has 3 aliphatic heterocycles. The summed E-state index contributed by atoms with van der Waals surface area (Å²) in [6.45, 7) is 6.03. The van der Waals surface area contributed by atoms with Crippen molar-refractivity contribution < 1.29 is 9.53 Å². The Labute approximate surface area is 195 Å². The second-order valence-corrected chi connectivity index (χ2v) is 9.13. The Balaban J connectivity index is 1.34. The summed E-state index contributed by atoms with van der Waals surface area (Å²) in [5.74, 6) is 0.136. The average molecular weight is 440 g/mol. The first kappa shape index (κ1) is 20.5. The van der Waals surface area contributed by atoms with E-state index in [9.17, 15) is 4.79 Å². The number of fused-ring (bicyclic) bond motifs is 2. The summed E-state index contributed by atoms with van der Waals surface area (Å²) in [6.07, 6.45) is 0. The molecule has 2 atom stereocenters. The first-order valence-electron chi connectivity index (χ1n) is 11.9. The van der Waals surface area contributed by atoms with Gasteiger partial charge in [-0.25, -0.2) is 0 Å². The van der Waals surface area contributed by atoms with Crippen molar-refractivity contribution in [2.45, 2.75) is 11.6 Å². The fourth-order valence-electron chi connectivity index (χ4n) is 5.85. The number of ether oxygens (including phenoxy) is 1. The molecule has 0 radical (unpaired) electrons. The van der Waals surface area contributed by atoms with Gasteiger partial charge in [-0.2, -0.15) is 0 Å². The van der Waals surface area contributed by atoms with Gasteiger partial charge in [0.1, 0.15) is 0 Å². The summed E-state index contributed by atoms with van der Waals surface area (Å²) < 4.78 is 6.57. The van der Waals surface area contributed by atoms with E-state index in [2.05, 4.69) is 64.4 Å². The Morgan fingerprint density at radius 3 is 2.21 bits per heavy atom. The Kier molecular flexibility index (Phi) is 5.16. The Bertz CT molecular complexity index is 1130. The van der Waals surface area contributed by atoms with E-state index in [1.807, 2.05) is 35.2 Å². The minimum atomic E-state index is -0.747. The highest BCUT2D eigenvalue weighted by molar-refractivity contribution is 5.98. The van der Waals surface area contributed by atoms with Crippen LogP contribution in [0.25, 0.3) is 0 Å². The third-order valence-electron chi connectivity index (χ3n) is 7.44. The number of hydrogen-bond acceptors (Lipinski definition) is 4. The topological polar surface area (TPSA) is 36.0 Å². The van der Waals surface area contributed by atoms with Gasteiger partial charge in [0.15, 0.2) is 5.72 Å². The number of carbonyl (C=O) groups excluding carboxylic acids is 1. The zero-order valence-corrected chi connectivity index (χ0v) is 18.8. The molecule has 1 amide bonds. The largest absolute Gasteiger partial charge is 0.369 e. The number of carbonyl (C=O) groups is 1. The van der Waals surface area contributed by atoms with E-state index < -0.39 is 5.72 Å². The lowest BCUT2D eigenvalue weighted by Gasteiger charge is -2.49. The van der Waals surface area contributed by atoms with Gasteiger partial charge in [-0.05, 0) is 23.8 Å². The fraction of sp³-hybridized carbons (Fsp3) is 0.321. The molecule has 3 aromatic rings. The van der Waals surface area contributed by atoms with Crippen LogP contribution in [0.2, 0.25) is 0 Å². The van der Waals surface area contributed by atoms with Crippen molar-refractivity contribution in [3.05, 3.63) is 102 Å². The zero-order valence-electron chi connectivity index (χ0n) is 18.8. The van der Waals surface area contributed by atoms with Gasteiger partial charge in [0.2, 0.25) is 0 Å². The first-order valence-corrected chi connectivity index (χ1v) is 11.9. The zero-order chi connectivity index (χ0) is 22.3. The van der Waals surface area contributed by atoms with E-state index in [1.54, 1.807) is 0 Å². The van der Waals surface area contributed by atoms with E-state index in [4.69, 9.17) is 4.74 Å². The highest BCUT2D eigenvalue weighted by Gasteiger charge is 2.57. The van der Waals surface area contributed by atoms with Crippen LogP contribution in [0.3, 0.4) is 0 Å². The molecule has 33 heavy (non-hydrogen) atoms. The van der Waals surface area contributed by atoms with Crippen molar-refractivity contribution in [2.24, 2.45) is 0 Å². The lowest BCUT2D eigenvalue weighted by Crippen LogP contribution is -2.57. The number of piperazine rings is 1. The average Bonchev–Trinajstić information content (AvgIpc) is 3.35. The maximum Gasteiger partial charge on any atom is 0.256 e. The predicted octanol–water partition coefficient (Wildman–Crippen LogP) is 3.93. The molecular weight excluding hydrogens is 410 g/mol. The highest BCUT2D eigenvalue weighted by Crippen LogP contribution is 2.51. The lowest BCUT2D eigenvalue weighted by atomic mass is 9.76. The molecule has 3 heterocycles. The van der Waals surface area contributed by atoms with Gasteiger partial charge < -0.3 is 14.5 Å². The fourth-order valence-corrected chi connectivity index (χ4v) is 5.85. The number of anilines is 1. The SMILES string of the molecule is O=C1c2ccccc2[C@H](CN2CCN(c3ccccc3)CC2)[C@]2(c3ccccc3)OCCN12. The highest BCUT2D eigenvalue weighted by atomic mass is 16.5. The van der Waals surface area contributed by atoms with Crippen LogP contribution in [0.5, 0.6) is 0 Å². The third-order valence-corrected chi connectivity index (χ3v) is 7.44. The molecule has 168 valence electrons. The minimum absolute atomic E-state index is 0.0552. The number of amides is 1. The molecule has 0 spiro atoms. The standard InChI is InChI=1S/C28H29N3O2/c32-27-25-14-8-7-13-24(25)26(28(31(27)19-20-33-28)22-9-3-1-4-10-22)21-29-15-17-30(18-16-29)23-11-5-2-6-12-23/h1-14,26H,15-21H2/t26-,28-/m0/s1. The second-order valence-electron chi connectivity index (χ2n) is 9.13.